The van der Waals surface area contributed by atoms with Crippen LogP contribution in [0.5, 0.6) is 0 Å². The molecule has 9 nitrogen and oxygen atoms in total. The van der Waals surface area contributed by atoms with E-state index in [4.69, 9.17) is 4.74 Å². The minimum Gasteiger partial charge on any atom is -0.383 e. The highest BCUT2D eigenvalue weighted by molar-refractivity contribution is 7.14. The van der Waals surface area contributed by atoms with E-state index < -0.39 is 10.8 Å². The molecule has 2 aromatic heterocycles. The Bertz CT molecular complexity index is 1300. The molecule has 0 radical (unpaired) electrons. The predicted octanol–water partition coefficient (Wildman–Crippen LogP) is 4.82. The van der Waals surface area contributed by atoms with Gasteiger partial charge in [0.1, 0.15) is 5.69 Å². The van der Waals surface area contributed by atoms with Crippen LogP contribution in [0, 0.1) is 17.0 Å². The molecule has 164 valence electrons. The normalized spacial score (nSPS) is 10.9. The van der Waals surface area contributed by atoms with Gasteiger partial charge >= 0.3 is 0 Å². The van der Waals surface area contributed by atoms with Crippen LogP contribution in [0.1, 0.15) is 16.1 Å². The zero-order valence-electron chi connectivity index (χ0n) is 17.5. The molecule has 0 aliphatic heterocycles. The Morgan fingerprint density at radius 2 is 2.09 bits per heavy atom. The number of amides is 1. The number of nitro benzene ring substituents is 1. The summed E-state index contributed by atoms with van der Waals surface area (Å²) in [4.78, 5) is 31.6. The lowest BCUT2D eigenvalue weighted by molar-refractivity contribution is -0.384. The van der Waals surface area contributed by atoms with Crippen LogP contribution in [0.2, 0.25) is 0 Å². The monoisotopic (exact) mass is 451 g/mol. The number of nitro groups is 1. The van der Waals surface area contributed by atoms with Crippen molar-refractivity contribution in [2.45, 2.75) is 6.92 Å². The fraction of sp³-hybridized carbons (Fsp3) is 0.182. The van der Waals surface area contributed by atoms with Crippen LogP contribution >= 0.6 is 11.3 Å². The minimum atomic E-state index is -0.521. The van der Waals surface area contributed by atoms with E-state index in [-0.39, 0.29) is 11.3 Å². The first-order chi connectivity index (χ1) is 15.5. The number of nitrogens with one attached hydrogen (secondary N) is 3. The van der Waals surface area contributed by atoms with Gasteiger partial charge in [0.2, 0.25) is 0 Å². The summed E-state index contributed by atoms with van der Waals surface area (Å²) in [6.07, 6.45) is 0. The largest absolute Gasteiger partial charge is 0.383 e. The van der Waals surface area contributed by atoms with Crippen LogP contribution in [0.4, 0.5) is 16.5 Å². The molecule has 0 saturated heterocycles. The number of para-hydroxylation sites is 1. The highest BCUT2D eigenvalue weighted by Gasteiger charge is 2.19. The zero-order chi connectivity index (χ0) is 22.7. The van der Waals surface area contributed by atoms with Crippen molar-refractivity contribution < 1.29 is 14.5 Å². The fourth-order valence-electron chi connectivity index (χ4n) is 3.48. The van der Waals surface area contributed by atoms with Gasteiger partial charge in [0, 0.05) is 52.8 Å². The Morgan fingerprint density at radius 3 is 2.88 bits per heavy atom. The molecule has 2 heterocycles. The van der Waals surface area contributed by atoms with Crippen molar-refractivity contribution >= 4 is 44.7 Å². The first kappa shape index (κ1) is 21.5. The molecule has 4 aromatic rings. The maximum Gasteiger partial charge on any atom is 0.293 e. The van der Waals surface area contributed by atoms with Gasteiger partial charge in [-0.15, -0.1) is 11.3 Å². The Balaban J connectivity index is 1.55. The maximum atomic E-state index is 12.7. The first-order valence-corrected chi connectivity index (χ1v) is 10.7. The number of anilines is 2. The van der Waals surface area contributed by atoms with E-state index in [2.05, 4.69) is 20.6 Å². The van der Waals surface area contributed by atoms with Gasteiger partial charge in [-0.25, -0.2) is 4.98 Å². The zero-order valence-corrected chi connectivity index (χ0v) is 18.3. The lowest BCUT2D eigenvalue weighted by Gasteiger charge is -2.08. The number of thiazole rings is 1. The molecule has 2 aromatic carbocycles. The smallest absolute Gasteiger partial charge is 0.293 e. The number of carbonyl (C=O) groups is 1. The summed E-state index contributed by atoms with van der Waals surface area (Å²) < 4.78 is 4.95. The van der Waals surface area contributed by atoms with Crippen LogP contribution in [0.15, 0.2) is 47.8 Å². The number of methoxy groups -OCH3 is 1. The van der Waals surface area contributed by atoms with Crippen LogP contribution in [-0.2, 0) is 4.74 Å². The Morgan fingerprint density at radius 1 is 1.28 bits per heavy atom. The third kappa shape index (κ3) is 4.32. The van der Waals surface area contributed by atoms with E-state index in [1.54, 1.807) is 7.11 Å². The standard InChI is InChI=1S/C22H21N5O4S/c1-13-20(15-5-3-4-6-16(15)24-13)18-12-32-22(25-18)26-21(28)14-7-8-17(23-9-10-31-2)19(11-14)27(29)30/h3-8,11-12,23-24H,9-10H2,1-2H3,(H,25,26,28). The van der Waals surface area contributed by atoms with Gasteiger partial charge in [0.25, 0.3) is 11.6 Å². The van der Waals surface area contributed by atoms with Gasteiger partial charge in [0.15, 0.2) is 5.13 Å². The SMILES string of the molecule is COCCNc1ccc(C(=O)Nc2nc(-c3c(C)[nH]c4ccccc34)cs2)cc1[N+](=O)[O-]. The summed E-state index contributed by atoms with van der Waals surface area (Å²) >= 11 is 1.30. The van der Waals surface area contributed by atoms with Gasteiger partial charge in [0.05, 0.1) is 17.2 Å². The van der Waals surface area contributed by atoms with E-state index in [0.29, 0.717) is 24.0 Å². The summed E-state index contributed by atoms with van der Waals surface area (Å²) in [5.74, 6) is -0.465. The third-order valence-electron chi connectivity index (χ3n) is 4.95. The quantitative estimate of drug-likeness (QED) is 0.201. The second-order valence-corrected chi connectivity index (χ2v) is 7.93. The van der Waals surface area contributed by atoms with Crippen molar-refractivity contribution in [1.29, 1.82) is 0 Å². The number of hydrogen-bond donors (Lipinski definition) is 3. The van der Waals surface area contributed by atoms with Crippen molar-refractivity contribution in [3.8, 4) is 11.3 Å². The third-order valence-corrected chi connectivity index (χ3v) is 5.71. The molecule has 0 aliphatic carbocycles. The van der Waals surface area contributed by atoms with Crippen molar-refractivity contribution in [2.24, 2.45) is 0 Å². The van der Waals surface area contributed by atoms with E-state index in [0.717, 1.165) is 27.9 Å². The molecule has 32 heavy (non-hydrogen) atoms. The number of nitrogens with zero attached hydrogens (tertiary/aromatic N) is 2. The maximum absolute atomic E-state index is 12.7. The number of benzene rings is 2. The van der Waals surface area contributed by atoms with Crippen molar-refractivity contribution in [2.75, 3.05) is 30.9 Å². The van der Waals surface area contributed by atoms with Crippen molar-refractivity contribution in [1.82, 2.24) is 9.97 Å². The number of aromatic amines is 1. The summed E-state index contributed by atoms with van der Waals surface area (Å²) in [7, 11) is 1.55. The molecule has 0 unspecified atom stereocenters. The molecule has 0 fully saturated rings. The summed E-state index contributed by atoms with van der Waals surface area (Å²) in [6.45, 7) is 2.80. The van der Waals surface area contributed by atoms with Crippen LogP contribution < -0.4 is 10.6 Å². The number of carbonyl (C=O) groups excluding carboxylic acids is 1. The number of aryl methyl sites for hydroxylation is 1. The van der Waals surface area contributed by atoms with Crippen LogP contribution in [0.25, 0.3) is 22.2 Å². The molecule has 0 spiro atoms. The molecule has 10 heteroatoms. The Kier molecular flexibility index (Phi) is 6.15. The summed E-state index contributed by atoms with van der Waals surface area (Å²) in [5, 5.41) is 20.5. The average Bonchev–Trinajstić information content (AvgIpc) is 3.36. The highest BCUT2D eigenvalue weighted by Crippen LogP contribution is 2.34. The molecule has 0 atom stereocenters. The Labute approximate surface area is 187 Å². The number of H-pyrrole nitrogens is 1. The second kappa shape index (κ2) is 9.16. The lowest BCUT2D eigenvalue weighted by atomic mass is 10.1. The molecule has 1 amide bonds. The minimum absolute atomic E-state index is 0.175. The van der Waals surface area contributed by atoms with Gasteiger partial charge in [-0.3, -0.25) is 20.2 Å². The van der Waals surface area contributed by atoms with Crippen molar-refractivity contribution in [3.63, 3.8) is 0 Å². The molecule has 0 saturated carbocycles. The lowest BCUT2D eigenvalue weighted by Crippen LogP contribution is -2.13. The van der Waals surface area contributed by atoms with Gasteiger partial charge in [-0.2, -0.15) is 0 Å². The van der Waals surface area contributed by atoms with Crippen molar-refractivity contribution in [3.05, 3.63) is 69.2 Å². The number of fused-ring (bicyclic) bond motifs is 1. The summed E-state index contributed by atoms with van der Waals surface area (Å²) in [5.41, 5.74) is 4.07. The van der Waals surface area contributed by atoms with E-state index in [1.807, 2.05) is 36.6 Å². The molecular weight excluding hydrogens is 430 g/mol. The number of hydrogen-bond acceptors (Lipinski definition) is 7. The highest BCUT2D eigenvalue weighted by atomic mass is 32.1. The van der Waals surface area contributed by atoms with E-state index >= 15 is 0 Å². The molecule has 0 bridgehead atoms. The molecule has 3 N–H and O–H groups in total. The Hall–Kier alpha value is -3.76. The number of rotatable bonds is 8. The molecule has 0 aliphatic rings. The topological polar surface area (TPSA) is 122 Å². The molecule has 4 rings (SSSR count). The first-order valence-electron chi connectivity index (χ1n) is 9.83. The number of ether oxygens (including phenoxy) is 1. The van der Waals surface area contributed by atoms with Gasteiger partial charge in [-0.1, -0.05) is 18.2 Å². The van der Waals surface area contributed by atoms with Crippen LogP contribution in [0.3, 0.4) is 0 Å². The predicted molar refractivity (Wildman–Crippen MR) is 126 cm³/mol. The molecular formula is C22H21N5O4S. The van der Waals surface area contributed by atoms with Gasteiger partial charge in [-0.05, 0) is 25.1 Å². The number of aromatic nitrogens is 2. The van der Waals surface area contributed by atoms with Gasteiger partial charge < -0.3 is 15.0 Å². The van der Waals surface area contributed by atoms with E-state index in [1.165, 1.54) is 29.5 Å². The van der Waals surface area contributed by atoms with Crippen LogP contribution in [-0.4, -0.2) is 41.1 Å². The summed E-state index contributed by atoms with van der Waals surface area (Å²) in [6, 6.07) is 12.3. The second-order valence-electron chi connectivity index (χ2n) is 7.07. The van der Waals surface area contributed by atoms with E-state index in [9.17, 15) is 14.9 Å². The fourth-order valence-corrected chi connectivity index (χ4v) is 4.18. The average molecular weight is 452 g/mol.